The fourth-order valence-electron chi connectivity index (χ4n) is 2.36. The number of halogens is 1. The summed E-state index contributed by atoms with van der Waals surface area (Å²) in [5, 5.41) is 0. The Hall–Kier alpha value is -0.560. The second-order valence-electron chi connectivity index (χ2n) is 5.05. The summed E-state index contributed by atoms with van der Waals surface area (Å²) in [6.45, 7) is 2.23. The summed E-state index contributed by atoms with van der Waals surface area (Å²) < 4.78 is 14.2. The smallest absolute Gasteiger partial charge is 0.257 e. The summed E-state index contributed by atoms with van der Waals surface area (Å²) in [5.41, 5.74) is 1.26. The van der Waals surface area contributed by atoms with Crippen molar-refractivity contribution in [2.45, 2.75) is 26.3 Å². The lowest BCUT2D eigenvalue weighted by molar-refractivity contribution is 0.282. The van der Waals surface area contributed by atoms with Crippen LogP contribution in [-0.2, 0) is 11.0 Å². The minimum atomic E-state index is -2.78. The van der Waals surface area contributed by atoms with Crippen LogP contribution in [0.4, 0.5) is 0 Å². The maximum Gasteiger partial charge on any atom is 0.257 e. The van der Waals surface area contributed by atoms with Crippen LogP contribution in [0.2, 0.25) is 0 Å². The molecule has 0 aliphatic carbocycles. The van der Waals surface area contributed by atoms with Crippen molar-refractivity contribution in [3.05, 3.63) is 47.8 Å². The summed E-state index contributed by atoms with van der Waals surface area (Å²) in [7, 11) is 0. The van der Waals surface area contributed by atoms with E-state index in [0.29, 0.717) is 12.5 Å². The molecule has 0 saturated carbocycles. The molecule has 0 spiro atoms. The van der Waals surface area contributed by atoms with Crippen LogP contribution in [0.3, 0.4) is 0 Å². The zero-order valence-electron chi connectivity index (χ0n) is 10.8. The molecule has 1 aliphatic rings. The molecule has 1 heterocycles. The number of nitrogens with zero attached hydrogens (tertiary/aromatic N) is 1. The van der Waals surface area contributed by atoms with Crippen molar-refractivity contribution in [1.82, 2.24) is 4.67 Å². The number of benzene rings is 1. The summed E-state index contributed by atoms with van der Waals surface area (Å²) in [4.78, 5) is 0. The highest BCUT2D eigenvalue weighted by atomic mass is 35.7. The Balaban J connectivity index is 2.18. The van der Waals surface area contributed by atoms with Gasteiger partial charge in [0.1, 0.15) is 0 Å². The third kappa shape index (κ3) is 3.06. The van der Waals surface area contributed by atoms with E-state index in [1.807, 2.05) is 28.9 Å². The van der Waals surface area contributed by atoms with Crippen molar-refractivity contribution >= 4 is 17.9 Å². The van der Waals surface area contributed by atoms with Gasteiger partial charge in [0, 0.05) is 18.4 Å². The Kier molecular flexibility index (Phi) is 4.32. The van der Waals surface area contributed by atoms with Crippen LogP contribution in [0.25, 0.3) is 0 Å². The van der Waals surface area contributed by atoms with Crippen LogP contribution >= 0.6 is 17.9 Å². The van der Waals surface area contributed by atoms with Crippen LogP contribution in [0, 0.1) is 5.92 Å². The molecule has 98 valence electrons. The van der Waals surface area contributed by atoms with Gasteiger partial charge in [0.15, 0.2) is 0 Å². The molecule has 2 nitrogen and oxygen atoms in total. The molecular weight excluding hydrogens is 265 g/mol. The SMILES string of the molecule is CC(C)C(Cc1ccccc1)N1CC=CP1(=O)Cl. The van der Waals surface area contributed by atoms with Gasteiger partial charge in [-0.25, -0.2) is 4.67 Å². The highest BCUT2D eigenvalue weighted by molar-refractivity contribution is 7.89. The Morgan fingerprint density at radius 1 is 1.33 bits per heavy atom. The van der Waals surface area contributed by atoms with Crippen LogP contribution < -0.4 is 0 Å². The second-order valence-corrected chi connectivity index (χ2v) is 8.41. The first-order chi connectivity index (χ1) is 8.50. The van der Waals surface area contributed by atoms with Crippen molar-refractivity contribution in [3.8, 4) is 0 Å². The third-order valence-corrected chi connectivity index (χ3v) is 6.03. The van der Waals surface area contributed by atoms with Crippen molar-refractivity contribution in [2.24, 2.45) is 5.92 Å². The molecule has 0 radical (unpaired) electrons. The van der Waals surface area contributed by atoms with E-state index in [9.17, 15) is 4.57 Å². The van der Waals surface area contributed by atoms with E-state index in [1.54, 1.807) is 5.82 Å². The molecular formula is C14H19ClNOP. The van der Waals surface area contributed by atoms with Gasteiger partial charge in [-0.1, -0.05) is 50.3 Å². The fraction of sp³-hybridized carbons (Fsp3) is 0.429. The molecule has 0 N–H and O–H groups in total. The molecule has 1 aromatic rings. The molecule has 0 amide bonds. The first-order valence-corrected chi connectivity index (χ1v) is 8.92. The number of rotatable bonds is 4. The standard InChI is InChI=1S/C14H19ClNOP/c1-12(2)14(11-13-7-4-3-5-8-13)16-9-6-10-18(16,15)17/h3-8,10,12,14H,9,11H2,1-2H3. The molecule has 4 heteroatoms. The monoisotopic (exact) mass is 283 g/mol. The maximum absolute atomic E-state index is 12.3. The van der Waals surface area contributed by atoms with Gasteiger partial charge in [-0.05, 0) is 29.1 Å². The minimum Gasteiger partial charge on any atom is -0.284 e. The predicted octanol–water partition coefficient (Wildman–Crippen LogP) is 4.51. The lowest BCUT2D eigenvalue weighted by atomic mass is 9.96. The first-order valence-electron chi connectivity index (χ1n) is 6.29. The predicted molar refractivity (Wildman–Crippen MR) is 78.1 cm³/mol. The Bertz CT molecular complexity index is 472. The summed E-state index contributed by atoms with van der Waals surface area (Å²) >= 11 is 6.13. The average molecular weight is 284 g/mol. The highest BCUT2D eigenvalue weighted by Crippen LogP contribution is 2.60. The van der Waals surface area contributed by atoms with E-state index in [1.165, 1.54) is 5.56 Å². The minimum absolute atomic E-state index is 0.214. The summed E-state index contributed by atoms with van der Waals surface area (Å²) in [5.74, 6) is 2.08. The number of hydrogen-bond acceptors (Lipinski definition) is 1. The second kappa shape index (κ2) is 5.61. The average Bonchev–Trinajstić information content (AvgIpc) is 2.67. The van der Waals surface area contributed by atoms with E-state index in [2.05, 4.69) is 26.0 Å². The third-order valence-electron chi connectivity index (χ3n) is 3.37. The number of hydrogen-bond donors (Lipinski definition) is 0. The van der Waals surface area contributed by atoms with Gasteiger partial charge in [-0.2, -0.15) is 0 Å². The van der Waals surface area contributed by atoms with E-state index in [0.717, 1.165) is 6.42 Å². The van der Waals surface area contributed by atoms with Gasteiger partial charge in [0.25, 0.3) is 6.65 Å². The van der Waals surface area contributed by atoms with Crippen molar-refractivity contribution in [1.29, 1.82) is 0 Å². The van der Waals surface area contributed by atoms with E-state index < -0.39 is 6.65 Å². The normalized spacial score (nSPS) is 25.8. The van der Waals surface area contributed by atoms with Crippen LogP contribution in [0.5, 0.6) is 0 Å². The van der Waals surface area contributed by atoms with Gasteiger partial charge in [-0.3, -0.25) is 4.57 Å². The van der Waals surface area contributed by atoms with E-state index >= 15 is 0 Å². The molecule has 1 aromatic carbocycles. The maximum atomic E-state index is 12.3. The first kappa shape index (κ1) is 13.9. The zero-order chi connectivity index (χ0) is 13.2. The van der Waals surface area contributed by atoms with Gasteiger partial charge in [-0.15, -0.1) is 0 Å². The molecule has 0 fully saturated rings. The largest absolute Gasteiger partial charge is 0.284 e. The summed E-state index contributed by atoms with van der Waals surface area (Å²) in [6.07, 6.45) is 2.80. The fourth-order valence-corrected chi connectivity index (χ4v) is 4.72. The molecule has 0 saturated heterocycles. The Morgan fingerprint density at radius 3 is 2.50 bits per heavy atom. The van der Waals surface area contributed by atoms with Crippen LogP contribution in [0.1, 0.15) is 19.4 Å². The van der Waals surface area contributed by atoms with E-state index in [4.69, 9.17) is 11.2 Å². The van der Waals surface area contributed by atoms with Gasteiger partial charge in [0.05, 0.1) is 0 Å². The quantitative estimate of drug-likeness (QED) is 0.758. The van der Waals surface area contributed by atoms with Crippen molar-refractivity contribution in [2.75, 3.05) is 6.54 Å². The Morgan fingerprint density at radius 2 is 2.00 bits per heavy atom. The van der Waals surface area contributed by atoms with E-state index in [-0.39, 0.29) is 6.04 Å². The molecule has 2 unspecified atom stereocenters. The summed E-state index contributed by atoms with van der Waals surface area (Å²) in [6, 6.07) is 10.5. The van der Waals surface area contributed by atoms with Gasteiger partial charge < -0.3 is 0 Å². The Labute approximate surface area is 114 Å². The molecule has 0 aromatic heterocycles. The lowest BCUT2D eigenvalue weighted by Gasteiger charge is -2.32. The molecule has 2 rings (SSSR count). The van der Waals surface area contributed by atoms with Crippen molar-refractivity contribution < 1.29 is 4.57 Å². The topological polar surface area (TPSA) is 20.3 Å². The molecule has 18 heavy (non-hydrogen) atoms. The van der Waals surface area contributed by atoms with Gasteiger partial charge >= 0.3 is 0 Å². The molecule has 0 bridgehead atoms. The highest BCUT2D eigenvalue weighted by Gasteiger charge is 2.36. The molecule has 2 atom stereocenters. The molecule has 1 aliphatic heterocycles. The van der Waals surface area contributed by atoms with Crippen LogP contribution in [0.15, 0.2) is 42.2 Å². The lowest BCUT2D eigenvalue weighted by Crippen LogP contribution is -2.35. The zero-order valence-corrected chi connectivity index (χ0v) is 12.4. The van der Waals surface area contributed by atoms with Crippen LogP contribution in [-0.4, -0.2) is 17.3 Å². The van der Waals surface area contributed by atoms with Crippen molar-refractivity contribution in [3.63, 3.8) is 0 Å². The van der Waals surface area contributed by atoms with Gasteiger partial charge in [0.2, 0.25) is 0 Å².